The number of aliphatic hydroxyl groups is 1. The van der Waals surface area contributed by atoms with Crippen LogP contribution in [0.3, 0.4) is 0 Å². The molecule has 0 unspecified atom stereocenters. The van der Waals surface area contributed by atoms with Gasteiger partial charge in [0.25, 0.3) is 0 Å². The summed E-state index contributed by atoms with van der Waals surface area (Å²) in [5, 5.41) is 11.5. The Bertz CT molecular complexity index is 824. The fourth-order valence-electron chi connectivity index (χ4n) is 2.38. The van der Waals surface area contributed by atoms with Crippen LogP contribution in [0.25, 0.3) is 11.3 Å². The second kappa shape index (κ2) is 8.24. The third-order valence-electron chi connectivity index (χ3n) is 3.42. The van der Waals surface area contributed by atoms with Crippen molar-refractivity contribution >= 4 is 17.0 Å². The van der Waals surface area contributed by atoms with E-state index in [9.17, 15) is 5.11 Å². The number of aliphatic hydroxyl groups excluding tert-OH is 1. The maximum atomic E-state index is 9.39. The Kier molecular flexibility index (Phi) is 6.33. The highest BCUT2D eigenvalue weighted by Gasteiger charge is 2.07. The summed E-state index contributed by atoms with van der Waals surface area (Å²) in [4.78, 5) is 5.64. The van der Waals surface area contributed by atoms with Gasteiger partial charge in [-0.1, -0.05) is 42.5 Å². The average molecular weight is 390 g/mol. The first-order valence-corrected chi connectivity index (χ1v) is 8.12. The van der Waals surface area contributed by atoms with Crippen molar-refractivity contribution in [3.05, 3.63) is 70.3 Å². The number of aryl methyl sites for hydroxylation is 1. The predicted molar refractivity (Wildman–Crippen MR) is 91.2 cm³/mol. The molecule has 23 heavy (non-hydrogen) atoms. The van der Waals surface area contributed by atoms with Gasteiger partial charge in [0, 0.05) is 11.9 Å². The van der Waals surface area contributed by atoms with Crippen molar-refractivity contribution in [1.82, 2.24) is 4.57 Å². The molecular formula is C18H18BrN2OS-. The smallest absolute Gasteiger partial charge is 0.190 e. The maximum absolute atomic E-state index is 9.39. The number of rotatable bonds is 4. The molecule has 0 saturated carbocycles. The largest absolute Gasteiger partial charge is 1.00 e. The molecule has 0 fully saturated rings. The van der Waals surface area contributed by atoms with Crippen molar-refractivity contribution in [1.29, 1.82) is 0 Å². The van der Waals surface area contributed by atoms with Crippen molar-refractivity contribution in [2.75, 3.05) is 6.61 Å². The quantitative estimate of drug-likeness (QED) is 0.702. The SMILES string of the molecule is Cc1cccc(N=c2scc(-c3ccccc3)n2CCO)c1.[Br-]. The van der Waals surface area contributed by atoms with Crippen LogP contribution >= 0.6 is 11.3 Å². The van der Waals surface area contributed by atoms with Crippen LogP contribution in [0.4, 0.5) is 5.69 Å². The number of halogens is 1. The molecule has 3 rings (SSSR count). The van der Waals surface area contributed by atoms with E-state index >= 15 is 0 Å². The zero-order valence-electron chi connectivity index (χ0n) is 12.8. The summed E-state index contributed by atoms with van der Waals surface area (Å²) in [5.41, 5.74) is 4.35. The van der Waals surface area contributed by atoms with Crippen molar-refractivity contribution in [3.63, 3.8) is 0 Å². The van der Waals surface area contributed by atoms with Gasteiger partial charge in [0.1, 0.15) is 0 Å². The molecule has 2 aromatic carbocycles. The Morgan fingerprint density at radius 3 is 2.57 bits per heavy atom. The lowest BCUT2D eigenvalue weighted by atomic mass is 10.2. The Balaban J connectivity index is 0.00000192. The summed E-state index contributed by atoms with van der Waals surface area (Å²) in [6, 6.07) is 18.3. The summed E-state index contributed by atoms with van der Waals surface area (Å²) in [6.45, 7) is 2.70. The molecule has 0 spiro atoms. The highest BCUT2D eigenvalue weighted by atomic mass is 79.9. The maximum Gasteiger partial charge on any atom is 0.190 e. The first-order valence-electron chi connectivity index (χ1n) is 7.24. The Morgan fingerprint density at radius 1 is 1.09 bits per heavy atom. The molecule has 1 aromatic heterocycles. The Labute approximate surface area is 150 Å². The van der Waals surface area contributed by atoms with Crippen LogP contribution in [0, 0.1) is 6.92 Å². The van der Waals surface area contributed by atoms with E-state index in [1.807, 2.05) is 30.3 Å². The fraction of sp³-hybridized carbons (Fsp3) is 0.167. The van der Waals surface area contributed by atoms with Gasteiger partial charge in [0.15, 0.2) is 4.80 Å². The van der Waals surface area contributed by atoms with Gasteiger partial charge >= 0.3 is 0 Å². The third-order valence-corrected chi connectivity index (χ3v) is 4.28. The van der Waals surface area contributed by atoms with E-state index in [-0.39, 0.29) is 23.6 Å². The summed E-state index contributed by atoms with van der Waals surface area (Å²) in [6.07, 6.45) is 0. The van der Waals surface area contributed by atoms with Crippen LogP contribution in [-0.4, -0.2) is 16.3 Å². The molecule has 0 bridgehead atoms. The first kappa shape index (κ1) is 17.7. The number of nitrogens with zero attached hydrogens (tertiary/aromatic N) is 2. The number of hydrogen-bond acceptors (Lipinski definition) is 3. The highest BCUT2D eigenvalue weighted by Crippen LogP contribution is 2.20. The van der Waals surface area contributed by atoms with E-state index in [0.29, 0.717) is 6.54 Å². The molecule has 5 heteroatoms. The normalized spacial score (nSPS) is 11.3. The van der Waals surface area contributed by atoms with Gasteiger partial charge in [-0.15, -0.1) is 11.3 Å². The summed E-state index contributed by atoms with van der Waals surface area (Å²) < 4.78 is 2.07. The molecule has 3 aromatic rings. The molecule has 0 aliphatic heterocycles. The molecule has 120 valence electrons. The van der Waals surface area contributed by atoms with E-state index in [1.165, 1.54) is 5.56 Å². The first-order chi connectivity index (χ1) is 10.8. The van der Waals surface area contributed by atoms with E-state index in [0.717, 1.165) is 21.7 Å². The summed E-state index contributed by atoms with van der Waals surface area (Å²) in [5.74, 6) is 0. The second-order valence-corrected chi connectivity index (χ2v) is 5.93. The van der Waals surface area contributed by atoms with Crippen LogP contribution < -0.4 is 21.8 Å². The topological polar surface area (TPSA) is 37.5 Å². The zero-order chi connectivity index (χ0) is 15.4. The lowest BCUT2D eigenvalue weighted by Gasteiger charge is -2.07. The van der Waals surface area contributed by atoms with Crippen molar-refractivity contribution in [2.45, 2.75) is 13.5 Å². The standard InChI is InChI=1S/C18H18N2OS.BrH/c1-14-6-5-9-16(12-14)19-18-20(10-11-21)17(13-22-18)15-7-3-2-4-8-15;/h2-9,12-13,21H,10-11H2,1H3;1H/p-1. The lowest BCUT2D eigenvalue weighted by Crippen LogP contribution is -3.00. The van der Waals surface area contributed by atoms with Crippen LogP contribution in [-0.2, 0) is 6.54 Å². The monoisotopic (exact) mass is 389 g/mol. The molecule has 0 radical (unpaired) electrons. The van der Waals surface area contributed by atoms with E-state index in [4.69, 9.17) is 4.99 Å². The second-order valence-electron chi connectivity index (χ2n) is 5.10. The molecular weight excluding hydrogens is 372 g/mol. The third kappa shape index (κ3) is 4.19. The minimum atomic E-state index is 0. The minimum Gasteiger partial charge on any atom is -1.00 e. The van der Waals surface area contributed by atoms with Crippen LogP contribution in [0.15, 0.2) is 65.0 Å². The Morgan fingerprint density at radius 2 is 1.87 bits per heavy atom. The molecule has 0 aliphatic rings. The van der Waals surface area contributed by atoms with Gasteiger partial charge in [-0.2, -0.15) is 0 Å². The summed E-state index contributed by atoms with van der Waals surface area (Å²) in [7, 11) is 0. The molecule has 3 nitrogen and oxygen atoms in total. The number of aromatic nitrogens is 1. The Hall–Kier alpha value is -1.69. The lowest BCUT2D eigenvalue weighted by molar-refractivity contribution is -0.00000556. The van der Waals surface area contributed by atoms with Gasteiger partial charge in [-0.25, -0.2) is 4.99 Å². The average Bonchev–Trinajstić information content (AvgIpc) is 2.91. The van der Waals surface area contributed by atoms with E-state index < -0.39 is 0 Å². The number of benzene rings is 2. The molecule has 1 heterocycles. The number of hydrogen-bond donors (Lipinski definition) is 1. The molecule has 0 saturated heterocycles. The van der Waals surface area contributed by atoms with E-state index in [1.54, 1.807) is 11.3 Å². The molecule has 0 atom stereocenters. The van der Waals surface area contributed by atoms with Gasteiger partial charge in [-0.3, -0.25) is 0 Å². The van der Waals surface area contributed by atoms with E-state index in [2.05, 4.69) is 41.1 Å². The predicted octanol–water partition coefficient (Wildman–Crippen LogP) is 0.754. The van der Waals surface area contributed by atoms with Crippen molar-refractivity contribution < 1.29 is 22.1 Å². The van der Waals surface area contributed by atoms with Gasteiger partial charge in [-0.05, 0) is 30.2 Å². The van der Waals surface area contributed by atoms with Gasteiger partial charge < -0.3 is 26.7 Å². The molecule has 0 amide bonds. The van der Waals surface area contributed by atoms with Crippen LogP contribution in [0.2, 0.25) is 0 Å². The van der Waals surface area contributed by atoms with Crippen LogP contribution in [0.5, 0.6) is 0 Å². The molecule has 0 aliphatic carbocycles. The van der Waals surface area contributed by atoms with Crippen LogP contribution in [0.1, 0.15) is 5.56 Å². The minimum absolute atomic E-state index is 0. The fourth-order valence-corrected chi connectivity index (χ4v) is 3.34. The zero-order valence-corrected chi connectivity index (χ0v) is 15.2. The van der Waals surface area contributed by atoms with Crippen molar-refractivity contribution in [2.24, 2.45) is 4.99 Å². The van der Waals surface area contributed by atoms with Crippen molar-refractivity contribution in [3.8, 4) is 11.3 Å². The molecule has 1 N–H and O–H groups in total. The highest BCUT2D eigenvalue weighted by molar-refractivity contribution is 7.07. The number of thiazole rings is 1. The summed E-state index contributed by atoms with van der Waals surface area (Å²) >= 11 is 1.60. The van der Waals surface area contributed by atoms with Gasteiger partial charge in [0.05, 0.1) is 18.0 Å². The van der Waals surface area contributed by atoms with Gasteiger partial charge in [0.2, 0.25) is 0 Å².